The Bertz CT molecular complexity index is 389. The number of rotatable bonds is 2. The van der Waals surface area contributed by atoms with Crippen molar-refractivity contribution in [1.29, 1.82) is 0 Å². The van der Waals surface area contributed by atoms with Crippen molar-refractivity contribution in [2.24, 2.45) is 11.8 Å². The van der Waals surface area contributed by atoms with Crippen molar-refractivity contribution in [2.75, 3.05) is 26.3 Å². The fourth-order valence-corrected chi connectivity index (χ4v) is 3.12. The van der Waals surface area contributed by atoms with E-state index in [-0.39, 0.29) is 24.7 Å². The minimum absolute atomic E-state index is 0.145. The quantitative estimate of drug-likeness (QED) is 0.706. The summed E-state index contributed by atoms with van der Waals surface area (Å²) in [7, 11) is 0. The summed E-state index contributed by atoms with van der Waals surface area (Å²) in [5, 5.41) is 21.2. The first-order chi connectivity index (χ1) is 11.7. The number of nitrogens with zero attached hydrogens (tertiary/aromatic N) is 1. The van der Waals surface area contributed by atoms with E-state index in [0.29, 0.717) is 25.1 Å². The Kier molecular flexibility index (Phi) is 9.17. The molecule has 1 amide bonds. The molecule has 2 aliphatic heterocycles. The molecule has 25 heavy (non-hydrogen) atoms. The van der Waals surface area contributed by atoms with Crippen LogP contribution in [0.15, 0.2) is 0 Å². The molecule has 2 saturated heterocycles. The van der Waals surface area contributed by atoms with Gasteiger partial charge in [0.2, 0.25) is 0 Å². The van der Waals surface area contributed by atoms with Crippen molar-refractivity contribution < 1.29 is 19.7 Å². The van der Waals surface area contributed by atoms with Gasteiger partial charge in [-0.25, -0.2) is 4.79 Å². The Morgan fingerprint density at radius 1 is 1.08 bits per heavy atom. The van der Waals surface area contributed by atoms with Crippen LogP contribution in [-0.4, -0.2) is 65.2 Å². The lowest BCUT2D eigenvalue weighted by Gasteiger charge is -2.38. The highest BCUT2D eigenvalue weighted by Crippen LogP contribution is 2.23. The van der Waals surface area contributed by atoms with E-state index in [4.69, 9.17) is 14.9 Å². The third-order valence-corrected chi connectivity index (χ3v) is 4.89. The molecule has 6 nitrogen and oxygen atoms in total. The van der Waals surface area contributed by atoms with Crippen LogP contribution in [0.25, 0.3) is 0 Å². The molecule has 2 heterocycles. The van der Waals surface area contributed by atoms with Crippen molar-refractivity contribution in [3.8, 4) is 0 Å². The zero-order valence-electron chi connectivity index (χ0n) is 16.6. The van der Waals surface area contributed by atoms with Gasteiger partial charge in [-0.2, -0.15) is 0 Å². The first kappa shape index (κ1) is 22.2. The number of ether oxygens (including phenoxy) is 1. The molecule has 0 saturated carbocycles. The van der Waals surface area contributed by atoms with Gasteiger partial charge in [-0.15, -0.1) is 0 Å². The predicted molar refractivity (Wildman–Crippen MR) is 99.5 cm³/mol. The van der Waals surface area contributed by atoms with Crippen LogP contribution in [-0.2, 0) is 4.74 Å². The van der Waals surface area contributed by atoms with E-state index in [2.05, 4.69) is 12.2 Å². The van der Waals surface area contributed by atoms with E-state index in [9.17, 15) is 4.79 Å². The van der Waals surface area contributed by atoms with E-state index < -0.39 is 5.60 Å². The first-order valence-corrected chi connectivity index (χ1v) is 9.61. The van der Waals surface area contributed by atoms with Crippen molar-refractivity contribution in [3.05, 3.63) is 0 Å². The molecule has 148 valence electrons. The summed E-state index contributed by atoms with van der Waals surface area (Å²) in [6.07, 6.45) is 4.05. The van der Waals surface area contributed by atoms with Gasteiger partial charge < -0.3 is 25.2 Å². The Morgan fingerprint density at radius 3 is 2.16 bits per heavy atom. The fourth-order valence-electron chi connectivity index (χ4n) is 3.12. The summed E-state index contributed by atoms with van der Waals surface area (Å²) >= 11 is 0. The molecule has 0 aromatic carbocycles. The number of aliphatic hydroxyl groups excluding tert-OH is 2. The van der Waals surface area contributed by atoms with Crippen LogP contribution in [0.2, 0.25) is 0 Å². The predicted octanol–water partition coefficient (Wildman–Crippen LogP) is 2.38. The number of likely N-dealkylation sites (tertiary alicyclic amines) is 1. The zero-order chi connectivity index (χ0) is 19.0. The van der Waals surface area contributed by atoms with Gasteiger partial charge in [0.25, 0.3) is 0 Å². The topological polar surface area (TPSA) is 82.0 Å². The van der Waals surface area contributed by atoms with E-state index in [1.54, 1.807) is 4.90 Å². The van der Waals surface area contributed by atoms with E-state index in [1.165, 1.54) is 12.8 Å². The summed E-state index contributed by atoms with van der Waals surface area (Å²) in [6, 6.07) is 0.866. The number of amides is 1. The highest BCUT2D eigenvalue weighted by Gasteiger charge is 2.31. The minimum Gasteiger partial charge on any atom is -0.444 e. The van der Waals surface area contributed by atoms with Crippen molar-refractivity contribution in [1.82, 2.24) is 10.2 Å². The molecule has 0 aromatic rings. The van der Waals surface area contributed by atoms with Gasteiger partial charge in [-0.1, -0.05) is 0 Å². The van der Waals surface area contributed by atoms with Gasteiger partial charge in [0.15, 0.2) is 0 Å². The van der Waals surface area contributed by atoms with Crippen LogP contribution in [0.5, 0.6) is 0 Å². The van der Waals surface area contributed by atoms with E-state index in [0.717, 1.165) is 19.4 Å². The van der Waals surface area contributed by atoms with Crippen molar-refractivity contribution >= 4 is 6.09 Å². The molecule has 2 aliphatic rings. The lowest BCUT2D eigenvalue weighted by Crippen LogP contribution is -2.48. The van der Waals surface area contributed by atoms with Gasteiger partial charge in [0, 0.05) is 38.4 Å². The van der Waals surface area contributed by atoms with Gasteiger partial charge in [0.1, 0.15) is 5.60 Å². The number of piperidine rings is 2. The Hall–Kier alpha value is -0.850. The summed E-state index contributed by atoms with van der Waals surface area (Å²) in [4.78, 5) is 13.6. The molecule has 0 aromatic heterocycles. The second kappa shape index (κ2) is 10.3. The number of hydrogen-bond acceptors (Lipinski definition) is 5. The van der Waals surface area contributed by atoms with Crippen LogP contribution in [0.4, 0.5) is 4.79 Å². The molecular formula is C19H38N2O4. The zero-order valence-corrected chi connectivity index (χ0v) is 16.6. The molecule has 0 spiro atoms. The molecule has 3 N–H and O–H groups in total. The largest absolute Gasteiger partial charge is 0.444 e. The Morgan fingerprint density at radius 2 is 1.68 bits per heavy atom. The molecule has 0 bridgehead atoms. The average molecular weight is 359 g/mol. The van der Waals surface area contributed by atoms with Crippen LogP contribution in [0.1, 0.15) is 60.3 Å². The SMILES string of the molecule is CC1CCC(CO)CN1.CC1CCC(CO)CN1C(=O)OC(C)(C)C. The van der Waals surface area contributed by atoms with Gasteiger partial charge in [-0.05, 0) is 72.1 Å². The maximum absolute atomic E-state index is 11.9. The fraction of sp³-hybridized carbons (Fsp3) is 0.947. The van der Waals surface area contributed by atoms with Gasteiger partial charge >= 0.3 is 6.09 Å². The summed E-state index contributed by atoms with van der Waals surface area (Å²) in [5.74, 6) is 0.713. The van der Waals surface area contributed by atoms with Gasteiger partial charge in [0.05, 0.1) is 0 Å². The molecular weight excluding hydrogens is 320 g/mol. The summed E-state index contributed by atoms with van der Waals surface area (Å²) in [6.45, 7) is 11.9. The first-order valence-electron chi connectivity index (χ1n) is 9.61. The normalized spacial score (nSPS) is 30.3. The minimum atomic E-state index is -0.455. The van der Waals surface area contributed by atoms with Crippen LogP contribution >= 0.6 is 0 Å². The van der Waals surface area contributed by atoms with E-state index >= 15 is 0 Å². The number of carbonyl (C=O) groups excluding carboxylic acids is 1. The third kappa shape index (κ3) is 8.38. The highest BCUT2D eigenvalue weighted by atomic mass is 16.6. The number of hydrogen-bond donors (Lipinski definition) is 3. The lowest BCUT2D eigenvalue weighted by atomic mass is 9.94. The molecule has 2 fully saturated rings. The summed E-state index contributed by atoms with van der Waals surface area (Å²) in [5.41, 5.74) is -0.455. The maximum atomic E-state index is 11.9. The van der Waals surface area contributed by atoms with Crippen molar-refractivity contribution in [3.63, 3.8) is 0 Å². The van der Waals surface area contributed by atoms with Crippen LogP contribution < -0.4 is 5.32 Å². The highest BCUT2D eigenvalue weighted by molar-refractivity contribution is 5.68. The molecule has 0 aliphatic carbocycles. The van der Waals surface area contributed by atoms with Crippen LogP contribution in [0.3, 0.4) is 0 Å². The molecule has 4 atom stereocenters. The second-order valence-electron chi connectivity index (χ2n) is 8.54. The molecule has 0 radical (unpaired) electrons. The van der Waals surface area contributed by atoms with E-state index in [1.807, 2.05) is 27.7 Å². The molecule has 2 rings (SSSR count). The number of carbonyl (C=O) groups is 1. The maximum Gasteiger partial charge on any atom is 0.410 e. The number of aliphatic hydroxyl groups is 2. The Labute approximate surface area is 152 Å². The van der Waals surface area contributed by atoms with Crippen LogP contribution in [0, 0.1) is 11.8 Å². The second-order valence-corrected chi connectivity index (χ2v) is 8.54. The standard InChI is InChI=1S/C12H23NO3.C7H15NO/c1-9-5-6-10(8-14)7-13(9)11(15)16-12(2,3)4;1-6-2-3-7(5-9)4-8-6/h9-10,14H,5-8H2,1-4H3;6-9H,2-5H2,1H3. The lowest BCUT2D eigenvalue weighted by molar-refractivity contribution is 0.00114. The molecule has 6 heteroatoms. The summed E-state index contributed by atoms with van der Waals surface area (Å²) < 4.78 is 5.35. The average Bonchev–Trinajstić information content (AvgIpc) is 2.55. The number of nitrogens with one attached hydrogen (secondary N) is 1. The Balaban J connectivity index is 0.000000293. The monoisotopic (exact) mass is 358 g/mol. The van der Waals surface area contributed by atoms with Gasteiger partial charge in [-0.3, -0.25) is 0 Å². The third-order valence-electron chi connectivity index (χ3n) is 4.89. The molecule has 4 unspecified atom stereocenters. The van der Waals surface area contributed by atoms with Crippen molar-refractivity contribution in [2.45, 2.75) is 78.0 Å². The smallest absolute Gasteiger partial charge is 0.410 e.